The van der Waals surface area contributed by atoms with Crippen molar-refractivity contribution in [3.05, 3.63) is 34.3 Å². The average Bonchev–Trinajstić information content (AvgIpc) is 2.01. The molecular formula is C10H13BrN2O. The minimum absolute atomic E-state index is 0.449. The molecule has 0 radical (unpaired) electrons. The van der Waals surface area contributed by atoms with Gasteiger partial charge in [-0.1, -0.05) is 28.1 Å². The molecule has 1 aromatic rings. The monoisotopic (exact) mass is 256 g/mol. The van der Waals surface area contributed by atoms with Gasteiger partial charge < -0.3 is 11.1 Å². The highest BCUT2D eigenvalue weighted by atomic mass is 79.9. The number of hydrogen-bond acceptors (Lipinski definition) is 1. The molecular weight excluding hydrogens is 244 g/mol. The normalized spacial score (nSPS) is 11.1. The molecule has 2 amide bonds. The summed E-state index contributed by atoms with van der Waals surface area (Å²) in [6, 6.07) is 7.24. The van der Waals surface area contributed by atoms with Crippen LogP contribution >= 0.6 is 15.9 Å². The predicted octanol–water partition coefficient (Wildman–Crippen LogP) is 2.35. The third-order valence-corrected chi connectivity index (χ3v) is 2.48. The molecule has 1 aromatic carbocycles. The van der Waals surface area contributed by atoms with Gasteiger partial charge in [0.2, 0.25) is 0 Å². The Kier molecular flexibility index (Phi) is 3.16. The Morgan fingerprint density at radius 1 is 1.50 bits per heavy atom. The van der Waals surface area contributed by atoms with E-state index < -0.39 is 11.6 Å². The lowest BCUT2D eigenvalue weighted by Gasteiger charge is -2.25. The maximum absolute atomic E-state index is 10.8. The summed E-state index contributed by atoms with van der Waals surface area (Å²) < 4.78 is 0.981. The number of primary amides is 1. The van der Waals surface area contributed by atoms with Crippen LogP contribution < -0.4 is 11.1 Å². The number of rotatable bonds is 2. The number of nitrogens with two attached hydrogens (primary N) is 1. The van der Waals surface area contributed by atoms with Gasteiger partial charge in [0, 0.05) is 4.47 Å². The zero-order valence-electron chi connectivity index (χ0n) is 8.17. The molecule has 0 aliphatic heterocycles. The number of nitrogens with one attached hydrogen (secondary N) is 1. The fraction of sp³-hybridized carbons (Fsp3) is 0.300. The number of carbonyl (C=O) groups is 1. The highest BCUT2D eigenvalue weighted by molar-refractivity contribution is 9.10. The Bertz CT molecular complexity index is 350. The minimum Gasteiger partial charge on any atom is -0.352 e. The average molecular weight is 257 g/mol. The lowest BCUT2D eigenvalue weighted by atomic mass is 9.95. The molecule has 0 aromatic heterocycles. The lowest BCUT2D eigenvalue weighted by molar-refractivity contribution is 0.238. The first-order valence-corrected chi connectivity index (χ1v) is 5.05. The summed E-state index contributed by atoms with van der Waals surface area (Å²) in [5.74, 6) is 0. The van der Waals surface area contributed by atoms with E-state index in [1.807, 2.05) is 38.1 Å². The van der Waals surface area contributed by atoms with Crippen LogP contribution in [-0.2, 0) is 5.54 Å². The molecule has 0 saturated heterocycles. The molecule has 0 bridgehead atoms. The Morgan fingerprint density at radius 3 is 2.64 bits per heavy atom. The molecule has 0 aliphatic carbocycles. The molecule has 0 atom stereocenters. The van der Waals surface area contributed by atoms with Gasteiger partial charge in [0.25, 0.3) is 0 Å². The van der Waals surface area contributed by atoms with E-state index in [-0.39, 0.29) is 0 Å². The number of urea groups is 1. The van der Waals surface area contributed by atoms with Crippen molar-refractivity contribution < 1.29 is 4.79 Å². The summed E-state index contributed by atoms with van der Waals surface area (Å²) in [4.78, 5) is 10.8. The Hall–Kier alpha value is -1.03. The fourth-order valence-electron chi connectivity index (χ4n) is 1.26. The second-order valence-electron chi connectivity index (χ2n) is 3.62. The molecule has 14 heavy (non-hydrogen) atoms. The van der Waals surface area contributed by atoms with Gasteiger partial charge in [-0.05, 0) is 31.5 Å². The van der Waals surface area contributed by atoms with E-state index in [9.17, 15) is 4.79 Å². The Morgan fingerprint density at radius 2 is 2.14 bits per heavy atom. The summed E-state index contributed by atoms with van der Waals surface area (Å²) >= 11 is 3.38. The van der Waals surface area contributed by atoms with Crippen molar-refractivity contribution in [3.63, 3.8) is 0 Å². The molecule has 0 heterocycles. The van der Waals surface area contributed by atoms with Gasteiger partial charge in [-0.3, -0.25) is 0 Å². The third kappa shape index (κ3) is 2.73. The maximum atomic E-state index is 10.8. The summed E-state index contributed by atoms with van der Waals surface area (Å²) in [6.07, 6.45) is 0. The van der Waals surface area contributed by atoms with Crippen molar-refractivity contribution in [1.82, 2.24) is 5.32 Å². The number of halogens is 1. The summed E-state index contributed by atoms with van der Waals surface area (Å²) in [7, 11) is 0. The van der Waals surface area contributed by atoms with Crippen LogP contribution in [0.25, 0.3) is 0 Å². The highest BCUT2D eigenvalue weighted by Crippen LogP contribution is 2.22. The SMILES string of the molecule is CC(C)(NC(N)=O)c1cccc(Br)c1. The van der Waals surface area contributed by atoms with Crippen LogP contribution in [0, 0.1) is 0 Å². The molecule has 0 saturated carbocycles. The van der Waals surface area contributed by atoms with Crippen molar-refractivity contribution in [2.45, 2.75) is 19.4 Å². The third-order valence-electron chi connectivity index (χ3n) is 1.98. The second kappa shape index (κ2) is 4.00. The quantitative estimate of drug-likeness (QED) is 0.839. The topological polar surface area (TPSA) is 55.1 Å². The lowest BCUT2D eigenvalue weighted by Crippen LogP contribution is -2.43. The van der Waals surface area contributed by atoms with E-state index in [1.165, 1.54) is 0 Å². The maximum Gasteiger partial charge on any atom is 0.312 e. The molecule has 0 aliphatic rings. The van der Waals surface area contributed by atoms with E-state index in [0.717, 1.165) is 10.0 Å². The summed E-state index contributed by atoms with van der Waals surface area (Å²) in [5, 5.41) is 2.68. The summed E-state index contributed by atoms with van der Waals surface area (Å²) in [6.45, 7) is 3.80. The van der Waals surface area contributed by atoms with E-state index in [0.29, 0.717) is 0 Å². The number of hydrogen-bond donors (Lipinski definition) is 2. The smallest absolute Gasteiger partial charge is 0.312 e. The van der Waals surface area contributed by atoms with Gasteiger partial charge in [-0.2, -0.15) is 0 Å². The van der Waals surface area contributed by atoms with Crippen molar-refractivity contribution in [3.8, 4) is 0 Å². The second-order valence-corrected chi connectivity index (χ2v) is 4.54. The van der Waals surface area contributed by atoms with Crippen molar-refractivity contribution >= 4 is 22.0 Å². The molecule has 4 heteroatoms. The molecule has 3 nitrogen and oxygen atoms in total. The van der Waals surface area contributed by atoms with Crippen LogP contribution in [0.5, 0.6) is 0 Å². The van der Waals surface area contributed by atoms with Crippen molar-refractivity contribution in [1.29, 1.82) is 0 Å². The van der Waals surface area contributed by atoms with Crippen LogP contribution in [0.2, 0.25) is 0 Å². The van der Waals surface area contributed by atoms with Gasteiger partial charge in [0.05, 0.1) is 5.54 Å². The Labute approximate surface area is 91.8 Å². The standard InChI is InChI=1S/C10H13BrN2O/c1-10(2,13-9(12)14)7-4-3-5-8(11)6-7/h3-6H,1-2H3,(H3,12,13,14). The van der Waals surface area contributed by atoms with E-state index in [2.05, 4.69) is 21.2 Å². The fourth-order valence-corrected chi connectivity index (χ4v) is 1.66. The van der Waals surface area contributed by atoms with Crippen LogP contribution in [0.1, 0.15) is 19.4 Å². The van der Waals surface area contributed by atoms with Gasteiger partial charge in [0.1, 0.15) is 0 Å². The number of benzene rings is 1. The van der Waals surface area contributed by atoms with Gasteiger partial charge in [-0.25, -0.2) is 4.79 Å². The molecule has 0 spiro atoms. The predicted molar refractivity (Wildman–Crippen MR) is 59.9 cm³/mol. The zero-order chi connectivity index (χ0) is 10.8. The summed E-state index contributed by atoms with van der Waals surface area (Å²) in [5.41, 5.74) is 5.65. The van der Waals surface area contributed by atoms with Crippen LogP contribution in [0.3, 0.4) is 0 Å². The van der Waals surface area contributed by atoms with E-state index in [1.54, 1.807) is 0 Å². The molecule has 1 rings (SSSR count). The van der Waals surface area contributed by atoms with Crippen molar-refractivity contribution in [2.75, 3.05) is 0 Å². The first-order valence-electron chi connectivity index (χ1n) is 4.25. The molecule has 76 valence electrons. The number of amides is 2. The van der Waals surface area contributed by atoms with E-state index >= 15 is 0 Å². The van der Waals surface area contributed by atoms with Crippen molar-refractivity contribution in [2.24, 2.45) is 5.73 Å². The van der Waals surface area contributed by atoms with Gasteiger partial charge >= 0.3 is 6.03 Å². The molecule has 0 fully saturated rings. The highest BCUT2D eigenvalue weighted by Gasteiger charge is 2.21. The van der Waals surface area contributed by atoms with Gasteiger partial charge in [-0.15, -0.1) is 0 Å². The van der Waals surface area contributed by atoms with Gasteiger partial charge in [0.15, 0.2) is 0 Å². The van der Waals surface area contributed by atoms with Crippen LogP contribution in [0.4, 0.5) is 4.79 Å². The Balaban J connectivity index is 2.97. The first kappa shape index (κ1) is 11.0. The molecule has 3 N–H and O–H groups in total. The minimum atomic E-state index is -0.519. The largest absolute Gasteiger partial charge is 0.352 e. The zero-order valence-corrected chi connectivity index (χ0v) is 9.76. The number of carbonyl (C=O) groups excluding carboxylic acids is 1. The van der Waals surface area contributed by atoms with Crippen LogP contribution in [0.15, 0.2) is 28.7 Å². The van der Waals surface area contributed by atoms with E-state index in [4.69, 9.17) is 5.73 Å². The van der Waals surface area contributed by atoms with Crippen LogP contribution in [-0.4, -0.2) is 6.03 Å². The first-order chi connectivity index (χ1) is 6.42. The molecule has 0 unspecified atom stereocenters.